The maximum Gasteiger partial charge on any atom is 0.243 e. The topological polar surface area (TPSA) is 79.4 Å². The number of sulfonamides is 1. The van der Waals surface area contributed by atoms with Gasteiger partial charge in [-0.15, -0.1) is 11.3 Å². The molecule has 8 heteroatoms. The molecule has 0 unspecified atom stereocenters. The first kappa shape index (κ1) is 22.6. The van der Waals surface area contributed by atoms with Crippen LogP contribution in [0.2, 0.25) is 0 Å². The first-order chi connectivity index (χ1) is 15.3. The number of nitrogens with one attached hydrogen (secondary N) is 1. The number of anilines is 1. The number of aromatic nitrogens is 1. The van der Waals surface area contributed by atoms with E-state index in [-0.39, 0.29) is 17.2 Å². The highest BCUT2D eigenvalue weighted by Crippen LogP contribution is 2.27. The van der Waals surface area contributed by atoms with Gasteiger partial charge in [-0.05, 0) is 50.5 Å². The molecule has 0 saturated carbocycles. The summed E-state index contributed by atoms with van der Waals surface area (Å²) in [6.45, 7) is 4.98. The van der Waals surface area contributed by atoms with Gasteiger partial charge in [-0.3, -0.25) is 4.79 Å². The van der Waals surface area contributed by atoms with E-state index >= 15 is 0 Å². The van der Waals surface area contributed by atoms with Crippen LogP contribution in [0.1, 0.15) is 36.1 Å². The average Bonchev–Trinajstić information content (AvgIpc) is 3.24. The molecule has 2 heterocycles. The number of hydrogen-bond donors (Lipinski definition) is 1. The van der Waals surface area contributed by atoms with Gasteiger partial charge in [0.1, 0.15) is 5.01 Å². The summed E-state index contributed by atoms with van der Waals surface area (Å²) in [6.07, 6.45) is 2.95. The lowest BCUT2D eigenvalue weighted by atomic mass is 10.1. The minimum absolute atomic E-state index is 0.130. The number of amides is 1. The zero-order valence-corrected chi connectivity index (χ0v) is 19.9. The van der Waals surface area contributed by atoms with Crippen molar-refractivity contribution >= 4 is 33.0 Å². The summed E-state index contributed by atoms with van der Waals surface area (Å²) < 4.78 is 27.5. The Hall–Kier alpha value is -2.55. The molecule has 0 bridgehead atoms. The van der Waals surface area contributed by atoms with Gasteiger partial charge >= 0.3 is 0 Å². The molecule has 1 aromatic heterocycles. The van der Waals surface area contributed by atoms with Crippen LogP contribution in [0.5, 0.6) is 0 Å². The predicted molar refractivity (Wildman–Crippen MR) is 128 cm³/mol. The maximum absolute atomic E-state index is 13.0. The van der Waals surface area contributed by atoms with Crippen LogP contribution in [0.25, 0.3) is 10.6 Å². The Kier molecular flexibility index (Phi) is 6.74. The Morgan fingerprint density at radius 2 is 1.88 bits per heavy atom. The average molecular weight is 470 g/mol. The fourth-order valence-corrected chi connectivity index (χ4v) is 6.17. The smallest absolute Gasteiger partial charge is 0.243 e. The SMILES string of the molecule is Cc1cccc(-c2nc(CC(=O)Nc3cc(S(=O)(=O)N4CCCCC4)ccc3C)cs2)c1. The Morgan fingerprint density at radius 1 is 1.09 bits per heavy atom. The van der Waals surface area contributed by atoms with E-state index in [9.17, 15) is 13.2 Å². The molecule has 0 spiro atoms. The Labute approximate surface area is 193 Å². The number of piperidine rings is 1. The third-order valence-corrected chi connectivity index (χ3v) is 8.43. The van der Waals surface area contributed by atoms with Crippen LogP contribution < -0.4 is 5.32 Å². The van der Waals surface area contributed by atoms with Crippen molar-refractivity contribution < 1.29 is 13.2 Å². The lowest BCUT2D eigenvalue weighted by Crippen LogP contribution is -2.35. The van der Waals surface area contributed by atoms with Gasteiger partial charge in [-0.2, -0.15) is 4.31 Å². The second-order valence-corrected chi connectivity index (χ2v) is 11.0. The lowest BCUT2D eigenvalue weighted by molar-refractivity contribution is -0.115. The van der Waals surface area contributed by atoms with Gasteiger partial charge < -0.3 is 5.32 Å². The third kappa shape index (κ3) is 5.09. The number of thiazole rings is 1. The highest BCUT2D eigenvalue weighted by molar-refractivity contribution is 7.89. The molecule has 1 fully saturated rings. The van der Waals surface area contributed by atoms with E-state index in [1.807, 2.05) is 37.4 Å². The second-order valence-electron chi connectivity index (χ2n) is 8.18. The van der Waals surface area contributed by atoms with E-state index < -0.39 is 10.0 Å². The summed E-state index contributed by atoms with van der Waals surface area (Å²) in [5, 5.41) is 5.64. The summed E-state index contributed by atoms with van der Waals surface area (Å²) in [5.41, 5.74) is 4.22. The predicted octanol–water partition coefficient (Wildman–Crippen LogP) is 4.78. The lowest BCUT2D eigenvalue weighted by Gasteiger charge is -2.26. The maximum atomic E-state index is 13.0. The van der Waals surface area contributed by atoms with Crippen LogP contribution in [0.4, 0.5) is 5.69 Å². The van der Waals surface area contributed by atoms with Crippen LogP contribution in [-0.4, -0.2) is 36.7 Å². The van der Waals surface area contributed by atoms with Crippen molar-refractivity contribution in [3.63, 3.8) is 0 Å². The van der Waals surface area contributed by atoms with Gasteiger partial charge in [0.05, 0.1) is 17.0 Å². The Balaban J connectivity index is 1.47. The van der Waals surface area contributed by atoms with Crippen LogP contribution >= 0.6 is 11.3 Å². The number of carbonyl (C=O) groups is 1. The van der Waals surface area contributed by atoms with E-state index in [1.165, 1.54) is 15.6 Å². The molecule has 0 aliphatic carbocycles. The van der Waals surface area contributed by atoms with Gasteiger partial charge in [-0.1, -0.05) is 36.2 Å². The van der Waals surface area contributed by atoms with Crippen LogP contribution in [0.3, 0.4) is 0 Å². The zero-order chi connectivity index (χ0) is 22.7. The molecule has 4 rings (SSSR count). The summed E-state index contributed by atoms with van der Waals surface area (Å²) in [5.74, 6) is -0.221. The number of nitrogens with zero attached hydrogens (tertiary/aromatic N) is 2. The standard InChI is InChI=1S/C24H27N3O3S2/c1-17-7-6-8-19(13-17)24-25-20(16-31-24)14-23(28)26-22-15-21(10-9-18(22)2)32(29,30)27-11-4-3-5-12-27/h6-10,13,15-16H,3-5,11-12,14H2,1-2H3,(H,26,28). The number of benzene rings is 2. The quantitative estimate of drug-likeness (QED) is 0.563. The molecule has 0 atom stereocenters. The highest BCUT2D eigenvalue weighted by atomic mass is 32.2. The first-order valence-corrected chi connectivity index (χ1v) is 13.1. The fourth-order valence-electron chi connectivity index (χ4n) is 3.81. The number of rotatable bonds is 6. The molecule has 3 aromatic rings. The molecular formula is C24H27N3O3S2. The monoisotopic (exact) mass is 469 g/mol. The fraction of sp³-hybridized carbons (Fsp3) is 0.333. The van der Waals surface area contributed by atoms with Gasteiger partial charge in [0.15, 0.2) is 0 Å². The Morgan fingerprint density at radius 3 is 2.62 bits per heavy atom. The summed E-state index contributed by atoms with van der Waals surface area (Å²) in [6, 6.07) is 13.0. The molecule has 1 N–H and O–H groups in total. The molecule has 1 amide bonds. The van der Waals surface area contributed by atoms with E-state index in [4.69, 9.17) is 0 Å². The first-order valence-electron chi connectivity index (χ1n) is 10.7. The summed E-state index contributed by atoms with van der Waals surface area (Å²) in [7, 11) is -3.56. The molecular weight excluding hydrogens is 442 g/mol. The van der Waals surface area contributed by atoms with Crippen LogP contribution in [0, 0.1) is 13.8 Å². The van der Waals surface area contributed by atoms with E-state index in [1.54, 1.807) is 18.2 Å². The largest absolute Gasteiger partial charge is 0.325 e. The van der Waals surface area contributed by atoms with Crippen molar-refractivity contribution in [1.29, 1.82) is 0 Å². The molecule has 1 saturated heterocycles. The van der Waals surface area contributed by atoms with Crippen molar-refractivity contribution in [2.75, 3.05) is 18.4 Å². The third-order valence-electron chi connectivity index (χ3n) is 5.59. The van der Waals surface area contributed by atoms with Gasteiger partial charge in [-0.25, -0.2) is 13.4 Å². The molecule has 6 nitrogen and oxygen atoms in total. The van der Waals surface area contributed by atoms with E-state index in [0.717, 1.165) is 41.0 Å². The van der Waals surface area contributed by atoms with Crippen molar-refractivity contribution in [3.05, 3.63) is 64.7 Å². The molecule has 1 aliphatic rings. The molecule has 2 aromatic carbocycles. The second kappa shape index (κ2) is 9.52. The van der Waals surface area contributed by atoms with Crippen molar-refractivity contribution in [1.82, 2.24) is 9.29 Å². The van der Waals surface area contributed by atoms with Gasteiger partial charge in [0.25, 0.3) is 0 Å². The normalized spacial score (nSPS) is 14.9. The molecule has 32 heavy (non-hydrogen) atoms. The number of hydrogen-bond acceptors (Lipinski definition) is 5. The van der Waals surface area contributed by atoms with Gasteiger partial charge in [0, 0.05) is 29.7 Å². The number of carbonyl (C=O) groups excluding carboxylic acids is 1. The van der Waals surface area contributed by atoms with E-state index in [0.29, 0.717) is 24.5 Å². The molecule has 0 radical (unpaired) electrons. The van der Waals surface area contributed by atoms with Crippen molar-refractivity contribution in [2.24, 2.45) is 0 Å². The van der Waals surface area contributed by atoms with Gasteiger partial charge in [0.2, 0.25) is 15.9 Å². The summed E-state index contributed by atoms with van der Waals surface area (Å²) in [4.78, 5) is 17.5. The Bertz CT molecular complexity index is 1230. The molecule has 168 valence electrons. The van der Waals surface area contributed by atoms with Crippen LogP contribution in [-0.2, 0) is 21.2 Å². The van der Waals surface area contributed by atoms with Crippen molar-refractivity contribution in [3.8, 4) is 10.6 Å². The molecule has 1 aliphatic heterocycles. The number of aryl methyl sites for hydroxylation is 2. The highest BCUT2D eigenvalue weighted by Gasteiger charge is 2.26. The zero-order valence-electron chi connectivity index (χ0n) is 18.3. The minimum Gasteiger partial charge on any atom is -0.325 e. The minimum atomic E-state index is -3.56. The van der Waals surface area contributed by atoms with E-state index in [2.05, 4.69) is 16.4 Å². The van der Waals surface area contributed by atoms with Crippen molar-refractivity contribution in [2.45, 2.75) is 44.4 Å². The van der Waals surface area contributed by atoms with Crippen LogP contribution in [0.15, 0.2) is 52.7 Å². The summed E-state index contributed by atoms with van der Waals surface area (Å²) >= 11 is 1.51.